The molecule has 0 atom stereocenters. The topological polar surface area (TPSA) is 53.2 Å². The Balaban J connectivity index is 1.79. The van der Waals surface area contributed by atoms with Crippen LogP contribution in [0.1, 0.15) is 5.56 Å². The maximum Gasteiger partial charge on any atom is 0.262 e. The smallest absolute Gasteiger partial charge is 0.262 e. The summed E-state index contributed by atoms with van der Waals surface area (Å²) in [5.41, 5.74) is 6.27. The number of benzene rings is 2. The lowest BCUT2D eigenvalue weighted by atomic mass is 10.2. The number of nitrogens with one attached hydrogen (secondary N) is 3. The molecular weight excluding hydrogens is 337 g/mol. The molecule has 0 unspecified atom stereocenters. The lowest BCUT2D eigenvalue weighted by Gasteiger charge is -2.10. The summed E-state index contributed by atoms with van der Waals surface area (Å²) in [5, 5.41) is 3.72. The summed E-state index contributed by atoms with van der Waals surface area (Å²) >= 11 is 10.8. The summed E-state index contributed by atoms with van der Waals surface area (Å²) in [5.74, 6) is -0.784. The molecule has 0 fully saturated rings. The first-order chi connectivity index (χ1) is 11.0. The van der Waals surface area contributed by atoms with Crippen LogP contribution in [0.5, 0.6) is 0 Å². The van der Waals surface area contributed by atoms with Crippen molar-refractivity contribution in [2.75, 3.05) is 5.32 Å². The second-order valence-corrected chi connectivity index (χ2v) is 5.31. The van der Waals surface area contributed by atoms with Gasteiger partial charge >= 0.3 is 0 Å². The number of hydrogen-bond donors (Lipinski definition) is 3. The number of halogens is 2. The minimum Gasteiger partial charge on any atom is -0.331 e. The fourth-order valence-electron chi connectivity index (χ4n) is 1.64. The van der Waals surface area contributed by atoms with Crippen molar-refractivity contribution in [2.45, 2.75) is 0 Å². The van der Waals surface area contributed by atoms with Crippen molar-refractivity contribution < 1.29 is 9.18 Å². The highest BCUT2D eigenvalue weighted by Gasteiger charge is 1.99. The van der Waals surface area contributed by atoms with Crippen LogP contribution < -0.4 is 16.2 Å². The Hall–Kier alpha value is -2.44. The van der Waals surface area contributed by atoms with Crippen LogP contribution in [0.25, 0.3) is 6.08 Å². The fourth-order valence-corrected chi connectivity index (χ4v) is 1.93. The van der Waals surface area contributed by atoms with Gasteiger partial charge in [0.1, 0.15) is 5.82 Å². The molecule has 2 aromatic carbocycles. The highest BCUT2D eigenvalue weighted by molar-refractivity contribution is 7.80. The summed E-state index contributed by atoms with van der Waals surface area (Å²) < 4.78 is 13.0. The second-order valence-electron chi connectivity index (χ2n) is 4.46. The molecule has 23 heavy (non-hydrogen) atoms. The number of hydrogen-bond acceptors (Lipinski definition) is 2. The van der Waals surface area contributed by atoms with Gasteiger partial charge < -0.3 is 5.32 Å². The van der Waals surface area contributed by atoms with Crippen LogP contribution in [0.2, 0.25) is 5.02 Å². The van der Waals surface area contributed by atoms with Gasteiger partial charge in [0.15, 0.2) is 5.11 Å². The third-order valence-corrected chi connectivity index (χ3v) is 3.13. The first-order valence-corrected chi connectivity index (χ1v) is 7.38. The van der Waals surface area contributed by atoms with E-state index in [1.807, 2.05) is 0 Å². The molecular formula is C16H13ClFN3OS. The van der Waals surface area contributed by atoms with E-state index in [2.05, 4.69) is 16.2 Å². The monoisotopic (exact) mass is 349 g/mol. The number of amides is 1. The summed E-state index contributed by atoms with van der Waals surface area (Å²) in [6.07, 6.45) is 2.77. The average molecular weight is 350 g/mol. The molecule has 0 bridgehead atoms. The molecule has 2 aromatic rings. The zero-order valence-electron chi connectivity index (χ0n) is 11.8. The largest absolute Gasteiger partial charge is 0.331 e. The van der Waals surface area contributed by atoms with Crippen LogP contribution in [0.15, 0.2) is 54.6 Å². The molecule has 0 heterocycles. The first-order valence-electron chi connectivity index (χ1n) is 6.59. The maximum atomic E-state index is 13.0. The Morgan fingerprint density at radius 1 is 1.13 bits per heavy atom. The van der Waals surface area contributed by atoms with Gasteiger partial charge in [0.2, 0.25) is 0 Å². The summed E-state index contributed by atoms with van der Waals surface area (Å²) in [4.78, 5) is 11.6. The van der Waals surface area contributed by atoms with E-state index >= 15 is 0 Å². The van der Waals surface area contributed by atoms with E-state index in [1.165, 1.54) is 24.3 Å². The Kier molecular flexibility index (Phi) is 6.08. The van der Waals surface area contributed by atoms with Gasteiger partial charge in [0.25, 0.3) is 5.91 Å². The lowest BCUT2D eigenvalue weighted by molar-refractivity contribution is -0.116. The standard InChI is InChI=1S/C16H13ClFN3OS/c17-12-5-7-14(8-6-12)19-16(23)21-20-15(22)9-4-11-2-1-3-13(18)10-11/h1-10H,(H,20,22)(H2,19,21,23)/b9-4+. The Bertz CT molecular complexity index is 734. The molecule has 1 amide bonds. The quantitative estimate of drug-likeness (QED) is 0.451. The van der Waals surface area contributed by atoms with Gasteiger partial charge in [0, 0.05) is 16.8 Å². The molecule has 4 nitrogen and oxygen atoms in total. The van der Waals surface area contributed by atoms with Crippen LogP contribution in [0.3, 0.4) is 0 Å². The highest BCUT2D eigenvalue weighted by atomic mass is 35.5. The Morgan fingerprint density at radius 2 is 1.87 bits per heavy atom. The average Bonchev–Trinajstić information content (AvgIpc) is 2.53. The van der Waals surface area contributed by atoms with Gasteiger partial charge in [-0.15, -0.1) is 0 Å². The lowest BCUT2D eigenvalue weighted by Crippen LogP contribution is -2.43. The van der Waals surface area contributed by atoms with Crippen molar-refractivity contribution in [1.29, 1.82) is 0 Å². The van der Waals surface area contributed by atoms with Crippen molar-refractivity contribution in [2.24, 2.45) is 0 Å². The highest BCUT2D eigenvalue weighted by Crippen LogP contribution is 2.13. The van der Waals surface area contributed by atoms with Crippen molar-refractivity contribution in [3.05, 3.63) is 71.0 Å². The number of carbonyl (C=O) groups excluding carboxylic acids is 1. The van der Waals surface area contributed by atoms with Crippen molar-refractivity contribution in [1.82, 2.24) is 10.9 Å². The third kappa shape index (κ3) is 6.06. The number of carbonyl (C=O) groups is 1. The van der Waals surface area contributed by atoms with Crippen LogP contribution in [0, 0.1) is 5.82 Å². The molecule has 0 aliphatic carbocycles. The number of rotatable bonds is 3. The normalized spacial score (nSPS) is 10.3. The van der Waals surface area contributed by atoms with Gasteiger partial charge in [-0.05, 0) is 60.3 Å². The van der Waals surface area contributed by atoms with E-state index in [0.29, 0.717) is 10.6 Å². The zero-order valence-corrected chi connectivity index (χ0v) is 13.4. The molecule has 0 radical (unpaired) electrons. The molecule has 0 aliphatic heterocycles. The van der Waals surface area contributed by atoms with E-state index in [0.717, 1.165) is 5.69 Å². The predicted octanol–water partition coefficient (Wildman–Crippen LogP) is 3.51. The Morgan fingerprint density at radius 3 is 2.57 bits per heavy atom. The SMILES string of the molecule is O=C(/C=C/c1cccc(F)c1)NNC(=S)Nc1ccc(Cl)cc1. The maximum absolute atomic E-state index is 13.0. The summed E-state index contributed by atoms with van der Waals surface area (Å²) in [7, 11) is 0. The minimum absolute atomic E-state index is 0.222. The van der Waals surface area contributed by atoms with Crippen LogP contribution in [0.4, 0.5) is 10.1 Å². The van der Waals surface area contributed by atoms with Gasteiger partial charge in [0.05, 0.1) is 0 Å². The Labute approximate surface area is 143 Å². The van der Waals surface area contributed by atoms with E-state index in [4.69, 9.17) is 23.8 Å². The molecule has 7 heteroatoms. The summed E-state index contributed by atoms with van der Waals surface area (Å²) in [6.45, 7) is 0. The van der Waals surface area contributed by atoms with Gasteiger partial charge in [-0.2, -0.15) is 0 Å². The van der Waals surface area contributed by atoms with Gasteiger partial charge in [-0.1, -0.05) is 23.7 Å². The summed E-state index contributed by atoms with van der Waals surface area (Å²) in [6, 6.07) is 12.8. The van der Waals surface area contributed by atoms with Crippen LogP contribution >= 0.6 is 23.8 Å². The van der Waals surface area contributed by atoms with E-state index < -0.39 is 5.91 Å². The molecule has 0 saturated heterocycles. The number of anilines is 1. The fraction of sp³-hybridized carbons (Fsp3) is 0. The molecule has 2 rings (SSSR count). The molecule has 0 aliphatic rings. The van der Waals surface area contributed by atoms with E-state index in [-0.39, 0.29) is 10.9 Å². The van der Waals surface area contributed by atoms with Gasteiger partial charge in [-0.3, -0.25) is 15.6 Å². The zero-order chi connectivity index (χ0) is 16.7. The third-order valence-electron chi connectivity index (χ3n) is 2.68. The number of hydrazine groups is 1. The molecule has 0 aromatic heterocycles. The molecule has 0 spiro atoms. The van der Waals surface area contributed by atoms with Gasteiger partial charge in [-0.25, -0.2) is 4.39 Å². The first kappa shape index (κ1) is 16.9. The van der Waals surface area contributed by atoms with E-state index in [9.17, 15) is 9.18 Å². The molecule has 3 N–H and O–H groups in total. The van der Waals surface area contributed by atoms with E-state index in [1.54, 1.807) is 36.4 Å². The van der Waals surface area contributed by atoms with Crippen LogP contribution in [-0.4, -0.2) is 11.0 Å². The van der Waals surface area contributed by atoms with Crippen molar-refractivity contribution in [3.8, 4) is 0 Å². The van der Waals surface area contributed by atoms with Crippen molar-refractivity contribution >= 4 is 46.6 Å². The van der Waals surface area contributed by atoms with Crippen molar-refractivity contribution in [3.63, 3.8) is 0 Å². The number of thiocarbonyl (C=S) groups is 1. The van der Waals surface area contributed by atoms with Crippen LogP contribution in [-0.2, 0) is 4.79 Å². The molecule has 0 saturated carbocycles. The second kappa shape index (κ2) is 8.26. The predicted molar refractivity (Wildman–Crippen MR) is 94.4 cm³/mol. The minimum atomic E-state index is -0.422. The molecule has 118 valence electrons.